The predicted molar refractivity (Wildman–Crippen MR) is 101 cm³/mol. The molecular weight excluding hydrogens is 329 g/mol. The highest BCUT2D eigenvalue weighted by Gasteiger charge is 2.45. The van der Waals surface area contributed by atoms with E-state index >= 15 is 0 Å². The Morgan fingerprint density at radius 3 is 2.15 bits per heavy atom. The van der Waals surface area contributed by atoms with E-state index < -0.39 is 0 Å². The van der Waals surface area contributed by atoms with Gasteiger partial charge in [-0.2, -0.15) is 0 Å². The first-order valence-corrected chi connectivity index (χ1v) is 10.4. The van der Waals surface area contributed by atoms with Gasteiger partial charge in [0.15, 0.2) is 0 Å². The molecule has 142 valence electrons. The molecule has 26 heavy (non-hydrogen) atoms. The van der Waals surface area contributed by atoms with Gasteiger partial charge >= 0.3 is 6.03 Å². The molecule has 3 N–H and O–H groups in total. The molecule has 1 aromatic carbocycles. The first-order chi connectivity index (χ1) is 12.7. The molecule has 2 aliphatic heterocycles. The van der Waals surface area contributed by atoms with Crippen molar-refractivity contribution in [2.24, 2.45) is 0 Å². The molecule has 4 atom stereocenters. The SMILES string of the molecule is O=C(Nc1ccc(F)cc1)NC1C[C@H]2CCC[C@@H](C1)[NH+]2C1CCCCC1. The van der Waals surface area contributed by atoms with Gasteiger partial charge in [0.25, 0.3) is 0 Å². The number of hydrogen-bond acceptors (Lipinski definition) is 1. The highest BCUT2D eigenvalue weighted by molar-refractivity contribution is 5.89. The number of carbonyl (C=O) groups is 1. The van der Waals surface area contributed by atoms with E-state index in [0.29, 0.717) is 17.8 Å². The minimum Gasteiger partial charge on any atom is -0.335 e. The van der Waals surface area contributed by atoms with Crippen LogP contribution in [-0.2, 0) is 0 Å². The summed E-state index contributed by atoms with van der Waals surface area (Å²) < 4.78 is 13.0. The minimum absolute atomic E-state index is 0.166. The number of nitrogens with one attached hydrogen (secondary N) is 3. The van der Waals surface area contributed by atoms with Crippen molar-refractivity contribution in [2.75, 3.05) is 5.32 Å². The van der Waals surface area contributed by atoms with Crippen molar-refractivity contribution in [3.63, 3.8) is 0 Å². The Morgan fingerprint density at radius 1 is 0.885 bits per heavy atom. The number of hydrogen-bond donors (Lipinski definition) is 3. The van der Waals surface area contributed by atoms with Crippen LogP contribution in [0.2, 0.25) is 0 Å². The second kappa shape index (κ2) is 7.95. The quantitative estimate of drug-likeness (QED) is 0.761. The first-order valence-electron chi connectivity index (χ1n) is 10.4. The van der Waals surface area contributed by atoms with Crippen LogP contribution in [0.5, 0.6) is 0 Å². The molecule has 5 heteroatoms. The summed E-state index contributed by atoms with van der Waals surface area (Å²) in [4.78, 5) is 14.2. The second-order valence-corrected chi connectivity index (χ2v) is 8.43. The van der Waals surface area contributed by atoms with Crippen LogP contribution in [0.15, 0.2) is 24.3 Å². The van der Waals surface area contributed by atoms with E-state index in [1.807, 2.05) is 4.90 Å². The number of rotatable bonds is 3. The molecule has 3 fully saturated rings. The number of halogens is 1. The number of anilines is 1. The Bertz CT molecular complexity index is 600. The molecule has 1 saturated carbocycles. The van der Waals surface area contributed by atoms with Crippen molar-refractivity contribution in [1.29, 1.82) is 0 Å². The third-order valence-electron chi connectivity index (χ3n) is 6.70. The number of quaternary nitrogens is 1. The zero-order valence-electron chi connectivity index (χ0n) is 15.5. The van der Waals surface area contributed by atoms with E-state index in [9.17, 15) is 9.18 Å². The predicted octanol–water partition coefficient (Wildman–Crippen LogP) is 3.25. The lowest BCUT2D eigenvalue weighted by Crippen LogP contribution is -3.24. The van der Waals surface area contributed by atoms with Gasteiger partial charge < -0.3 is 15.5 Å². The molecule has 0 aromatic heterocycles. The van der Waals surface area contributed by atoms with E-state index in [1.54, 1.807) is 12.1 Å². The van der Waals surface area contributed by atoms with Crippen LogP contribution in [0.1, 0.15) is 64.2 Å². The highest BCUT2D eigenvalue weighted by Crippen LogP contribution is 2.26. The average Bonchev–Trinajstić information content (AvgIpc) is 2.63. The maximum Gasteiger partial charge on any atom is 0.319 e. The van der Waals surface area contributed by atoms with Crippen molar-refractivity contribution < 1.29 is 14.1 Å². The van der Waals surface area contributed by atoms with Crippen LogP contribution in [0.4, 0.5) is 14.9 Å². The fourth-order valence-corrected chi connectivity index (χ4v) is 5.67. The summed E-state index contributed by atoms with van der Waals surface area (Å²) in [5, 5.41) is 6.01. The fourth-order valence-electron chi connectivity index (χ4n) is 5.67. The van der Waals surface area contributed by atoms with Gasteiger partial charge in [-0.1, -0.05) is 6.42 Å². The molecule has 2 amide bonds. The number of urea groups is 1. The summed E-state index contributed by atoms with van der Waals surface area (Å²) >= 11 is 0. The fraction of sp³-hybridized carbons (Fsp3) is 0.667. The number of carbonyl (C=O) groups excluding carboxylic acids is 1. The van der Waals surface area contributed by atoms with E-state index in [-0.39, 0.29) is 17.9 Å². The molecule has 0 spiro atoms. The Morgan fingerprint density at radius 2 is 1.50 bits per heavy atom. The Labute approximate surface area is 155 Å². The van der Waals surface area contributed by atoms with Crippen LogP contribution in [0.25, 0.3) is 0 Å². The van der Waals surface area contributed by atoms with E-state index in [4.69, 9.17) is 0 Å². The molecular formula is C21H31FN3O+. The van der Waals surface area contributed by atoms with Gasteiger partial charge in [-0.15, -0.1) is 0 Å². The molecule has 2 heterocycles. The van der Waals surface area contributed by atoms with Crippen LogP contribution in [-0.4, -0.2) is 30.2 Å². The second-order valence-electron chi connectivity index (χ2n) is 8.43. The lowest BCUT2D eigenvalue weighted by atomic mass is 9.78. The summed E-state index contributed by atoms with van der Waals surface area (Å²) in [6.07, 6.45) is 13.1. The molecule has 2 saturated heterocycles. The van der Waals surface area contributed by atoms with Gasteiger partial charge in [0, 0.05) is 24.6 Å². The van der Waals surface area contributed by atoms with Crippen LogP contribution in [0, 0.1) is 5.82 Å². The van der Waals surface area contributed by atoms with E-state index in [0.717, 1.165) is 18.9 Å². The van der Waals surface area contributed by atoms with E-state index in [1.165, 1.54) is 63.5 Å². The lowest BCUT2D eigenvalue weighted by molar-refractivity contribution is -0.984. The maximum absolute atomic E-state index is 13.0. The summed E-state index contributed by atoms with van der Waals surface area (Å²) in [5.74, 6) is -0.290. The van der Waals surface area contributed by atoms with Gasteiger partial charge in [0.2, 0.25) is 0 Å². The molecule has 2 bridgehead atoms. The number of amides is 2. The summed E-state index contributed by atoms with van der Waals surface area (Å²) in [5.41, 5.74) is 0.634. The molecule has 1 aromatic rings. The van der Waals surface area contributed by atoms with E-state index in [2.05, 4.69) is 10.6 Å². The van der Waals surface area contributed by atoms with Crippen LogP contribution < -0.4 is 15.5 Å². The number of benzene rings is 1. The van der Waals surface area contributed by atoms with Gasteiger partial charge in [-0.25, -0.2) is 9.18 Å². The third kappa shape index (κ3) is 4.03. The van der Waals surface area contributed by atoms with Gasteiger partial charge in [-0.3, -0.25) is 0 Å². The largest absolute Gasteiger partial charge is 0.335 e. The van der Waals surface area contributed by atoms with Crippen molar-refractivity contribution >= 4 is 11.7 Å². The topological polar surface area (TPSA) is 45.6 Å². The zero-order chi connectivity index (χ0) is 17.9. The highest BCUT2D eigenvalue weighted by atomic mass is 19.1. The lowest BCUT2D eigenvalue weighted by Gasteiger charge is -2.50. The summed E-state index contributed by atoms with van der Waals surface area (Å²) in [6, 6.07) is 8.30. The monoisotopic (exact) mass is 360 g/mol. The zero-order valence-corrected chi connectivity index (χ0v) is 15.5. The van der Waals surface area contributed by atoms with Gasteiger partial charge in [-0.05, 0) is 69.2 Å². The summed E-state index contributed by atoms with van der Waals surface area (Å²) in [6.45, 7) is 0. The maximum atomic E-state index is 13.0. The van der Waals surface area contributed by atoms with Crippen molar-refractivity contribution in [3.8, 4) is 0 Å². The summed E-state index contributed by atoms with van der Waals surface area (Å²) in [7, 11) is 0. The standard InChI is InChI=1S/C21H30FN3O/c22-15-9-11-16(12-10-15)23-21(26)24-17-13-19-7-4-8-20(14-17)25(19)18-5-2-1-3-6-18/h9-12,17-20H,1-8,13-14H2,(H2,23,24,26)/p+1/t17?,19-,20+. The van der Waals surface area contributed by atoms with Crippen LogP contribution in [0.3, 0.4) is 0 Å². The molecule has 4 nitrogen and oxygen atoms in total. The Hall–Kier alpha value is -1.62. The molecule has 4 rings (SSSR count). The minimum atomic E-state index is -0.290. The van der Waals surface area contributed by atoms with Crippen molar-refractivity contribution in [3.05, 3.63) is 30.1 Å². The normalized spacial score (nSPS) is 32.0. The first kappa shape index (κ1) is 17.8. The number of piperidine rings is 2. The van der Waals surface area contributed by atoms with Gasteiger partial charge in [0.05, 0.1) is 18.1 Å². The van der Waals surface area contributed by atoms with Crippen molar-refractivity contribution in [2.45, 2.75) is 88.4 Å². The molecule has 3 aliphatic rings. The Kier molecular flexibility index (Phi) is 5.44. The molecule has 1 aliphatic carbocycles. The number of fused-ring (bicyclic) bond motifs is 2. The third-order valence-corrected chi connectivity index (χ3v) is 6.70. The van der Waals surface area contributed by atoms with Crippen LogP contribution >= 0.6 is 0 Å². The van der Waals surface area contributed by atoms with Crippen molar-refractivity contribution in [1.82, 2.24) is 5.32 Å². The Balaban J connectivity index is 1.34. The van der Waals surface area contributed by atoms with Gasteiger partial charge in [0.1, 0.15) is 5.82 Å². The molecule has 2 unspecified atom stereocenters. The average molecular weight is 360 g/mol. The molecule has 0 radical (unpaired) electrons. The smallest absolute Gasteiger partial charge is 0.319 e.